The zero-order valence-electron chi connectivity index (χ0n) is 16.5. The summed E-state index contributed by atoms with van der Waals surface area (Å²) in [6.45, 7) is 7.79. The van der Waals surface area contributed by atoms with E-state index in [1.807, 2.05) is 39.8 Å². The minimum Gasteiger partial charge on any atom is -0.496 e. The van der Waals surface area contributed by atoms with Crippen molar-refractivity contribution in [3.8, 4) is 17.1 Å². The molecule has 0 spiro atoms. The summed E-state index contributed by atoms with van der Waals surface area (Å²) in [5, 5.41) is 4.00. The van der Waals surface area contributed by atoms with Gasteiger partial charge in [-0.05, 0) is 37.3 Å². The van der Waals surface area contributed by atoms with Crippen molar-refractivity contribution >= 4 is 15.7 Å². The van der Waals surface area contributed by atoms with Gasteiger partial charge in [-0.1, -0.05) is 43.6 Å². The molecule has 8 heteroatoms. The maximum Gasteiger partial charge on any atom is 0.261 e. The molecule has 0 bridgehead atoms. The number of rotatable bonds is 5. The van der Waals surface area contributed by atoms with Crippen molar-refractivity contribution in [2.45, 2.75) is 38.0 Å². The van der Waals surface area contributed by atoms with Gasteiger partial charge >= 0.3 is 0 Å². The van der Waals surface area contributed by atoms with Crippen molar-refractivity contribution in [3.05, 3.63) is 53.9 Å². The lowest BCUT2D eigenvalue weighted by molar-refractivity contribution is 0.321. The number of benzene rings is 2. The molecule has 7 nitrogen and oxygen atoms in total. The Labute approximate surface area is 164 Å². The first kappa shape index (κ1) is 19.9. The molecule has 3 rings (SSSR count). The van der Waals surface area contributed by atoms with Gasteiger partial charge in [0.25, 0.3) is 10.0 Å². The Hall–Kier alpha value is -2.87. The molecule has 0 aliphatic rings. The van der Waals surface area contributed by atoms with Gasteiger partial charge in [0.15, 0.2) is 0 Å². The maximum absolute atomic E-state index is 12.8. The van der Waals surface area contributed by atoms with Crippen LogP contribution in [-0.2, 0) is 15.4 Å². The molecule has 148 valence electrons. The first-order valence-corrected chi connectivity index (χ1v) is 10.2. The number of nitrogens with zero attached hydrogens (tertiary/aromatic N) is 2. The Bertz CT molecular complexity index is 1080. The van der Waals surface area contributed by atoms with E-state index in [-0.39, 0.29) is 16.1 Å². The number of hydrogen-bond donors (Lipinski definition) is 1. The molecule has 0 fully saturated rings. The fraction of sp³-hybridized carbons (Fsp3) is 0.300. The summed E-state index contributed by atoms with van der Waals surface area (Å²) in [6, 6.07) is 11.6. The number of anilines is 1. The largest absolute Gasteiger partial charge is 0.496 e. The van der Waals surface area contributed by atoms with Gasteiger partial charge in [-0.15, -0.1) is 0 Å². The smallest absolute Gasteiger partial charge is 0.261 e. The minimum absolute atomic E-state index is 0.0750. The lowest BCUT2D eigenvalue weighted by Crippen LogP contribution is -2.13. The molecule has 0 amide bonds. The molecule has 0 radical (unpaired) electrons. The fourth-order valence-corrected chi connectivity index (χ4v) is 3.59. The van der Waals surface area contributed by atoms with Crippen LogP contribution in [-0.4, -0.2) is 25.7 Å². The molecule has 1 heterocycles. The lowest BCUT2D eigenvalue weighted by Gasteiger charge is -2.12. The molecule has 2 aromatic carbocycles. The van der Waals surface area contributed by atoms with Gasteiger partial charge in [-0.25, -0.2) is 8.42 Å². The molecule has 28 heavy (non-hydrogen) atoms. The number of sulfonamides is 1. The highest BCUT2D eigenvalue weighted by Crippen LogP contribution is 2.32. The molecule has 0 unspecified atom stereocenters. The number of hydrogen-bond acceptors (Lipinski definition) is 6. The van der Waals surface area contributed by atoms with Crippen LogP contribution in [0.5, 0.6) is 5.75 Å². The summed E-state index contributed by atoms with van der Waals surface area (Å²) in [6.07, 6.45) is 0. The number of ether oxygens (including phenoxy) is 1. The Morgan fingerprint density at radius 2 is 1.75 bits per heavy atom. The third kappa shape index (κ3) is 4.17. The summed E-state index contributed by atoms with van der Waals surface area (Å²) >= 11 is 0. The van der Waals surface area contributed by atoms with Crippen molar-refractivity contribution in [2.24, 2.45) is 0 Å². The van der Waals surface area contributed by atoms with Crippen LogP contribution in [0.15, 0.2) is 51.9 Å². The van der Waals surface area contributed by atoms with Crippen molar-refractivity contribution in [1.82, 2.24) is 10.1 Å². The predicted molar refractivity (Wildman–Crippen MR) is 107 cm³/mol. The molecule has 0 aliphatic carbocycles. The van der Waals surface area contributed by atoms with Crippen molar-refractivity contribution in [1.29, 1.82) is 0 Å². The second-order valence-electron chi connectivity index (χ2n) is 7.51. The average molecular weight is 401 g/mol. The quantitative estimate of drug-likeness (QED) is 0.690. The molecular weight excluding hydrogens is 378 g/mol. The van der Waals surface area contributed by atoms with Crippen molar-refractivity contribution in [2.75, 3.05) is 11.8 Å². The second-order valence-corrected chi connectivity index (χ2v) is 9.19. The summed E-state index contributed by atoms with van der Waals surface area (Å²) in [5.74, 6) is 1.18. The standard InChI is InChI=1S/C20H23N3O4S/c1-13-6-8-14(9-7-13)23-28(24,25)15-10-11-17(26-5)16(12-15)18-21-19(27-22-18)20(2,3)4/h6-12,23H,1-5H3. The van der Waals surface area contributed by atoms with E-state index in [2.05, 4.69) is 14.9 Å². The SMILES string of the molecule is COc1ccc(S(=O)(=O)Nc2ccc(C)cc2)cc1-c1noc(C(C)(C)C)n1. The van der Waals surface area contributed by atoms with E-state index >= 15 is 0 Å². The fourth-order valence-electron chi connectivity index (χ4n) is 2.50. The lowest BCUT2D eigenvalue weighted by atomic mass is 9.97. The minimum atomic E-state index is -3.79. The molecular formula is C20H23N3O4S. The van der Waals surface area contributed by atoms with Gasteiger partial charge in [0, 0.05) is 11.1 Å². The maximum atomic E-state index is 12.8. The zero-order chi connectivity index (χ0) is 20.5. The monoisotopic (exact) mass is 401 g/mol. The van der Waals surface area contributed by atoms with Crippen LogP contribution in [0.3, 0.4) is 0 Å². The number of aromatic nitrogens is 2. The zero-order valence-corrected chi connectivity index (χ0v) is 17.3. The van der Waals surface area contributed by atoms with Gasteiger partial charge in [0.2, 0.25) is 11.7 Å². The van der Waals surface area contributed by atoms with Gasteiger partial charge in [0.1, 0.15) is 5.75 Å². The molecule has 0 saturated carbocycles. The summed E-state index contributed by atoms with van der Waals surface area (Å²) in [4.78, 5) is 4.48. The third-order valence-electron chi connectivity index (χ3n) is 4.09. The van der Waals surface area contributed by atoms with Crippen LogP contribution in [0.1, 0.15) is 32.2 Å². The van der Waals surface area contributed by atoms with E-state index in [9.17, 15) is 8.42 Å². The van der Waals surface area contributed by atoms with Crippen LogP contribution in [0, 0.1) is 6.92 Å². The van der Waals surface area contributed by atoms with Crippen LogP contribution < -0.4 is 9.46 Å². The highest BCUT2D eigenvalue weighted by molar-refractivity contribution is 7.92. The van der Waals surface area contributed by atoms with Crippen LogP contribution in [0.2, 0.25) is 0 Å². The number of nitrogens with one attached hydrogen (secondary N) is 1. The van der Waals surface area contributed by atoms with E-state index in [1.165, 1.54) is 19.2 Å². The predicted octanol–water partition coefficient (Wildman–Crippen LogP) is 4.15. The topological polar surface area (TPSA) is 94.3 Å². The van der Waals surface area contributed by atoms with Gasteiger partial charge in [-0.2, -0.15) is 4.98 Å². The Morgan fingerprint density at radius 1 is 1.07 bits per heavy atom. The summed E-state index contributed by atoms with van der Waals surface area (Å²) in [7, 11) is -2.29. The molecule has 1 aromatic heterocycles. The van der Waals surface area contributed by atoms with Gasteiger partial charge < -0.3 is 9.26 Å². The van der Waals surface area contributed by atoms with E-state index in [1.54, 1.807) is 18.2 Å². The Morgan fingerprint density at radius 3 is 2.32 bits per heavy atom. The van der Waals surface area contributed by atoms with Crippen LogP contribution in [0.25, 0.3) is 11.4 Å². The number of aryl methyl sites for hydroxylation is 1. The Kier molecular flexibility index (Phi) is 5.16. The van der Waals surface area contributed by atoms with Crippen LogP contribution in [0.4, 0.5) is 5.69 Å². The highest BCUT2D eigenvalue weighted by atomic mass is 32.2. The van der Waals surface area contributed by atoms with Crippen molar-refractivity contribution < 1.29 is 17.7 Å². The summed E-state index contributed by atoms with van der Waals surface area (Å²) < 4.78 is 38.9. The third-order valence-corrected chi connectivity index (χ3v) is 5.47. The highest BCUT2D eigenvalue weighted by Gasteiger charge is 2.25. The van der Waals surface area contributed by atoms with Gasteiger partial charge in [0.05, 0.1) is 17.6 Å². The number of methoxy groups -OCH3 is 1. The van der Waals surface area contributed by atoms with E-state index in [0.29, 0.717) is 22.9 Å². The second kappa shape index (κ2) is 7.27. The van der Waals surface area contributed by atoms with Gasteiger partial charge in [-0.3, -0.25) is 4.72 Å². The average Bonchev–Trinajstić information content (AvgIpc) is 3.13. The first-order valence-electron chi connectivity index (χ1n) is 8.72. The molecule has 0 atom stereocenters. The molecule has 1 N–H and O–H groups in total. The molecule has 3 aromatic rings. The Balaban J connectivity index is 2.00. The normalized spacial score (nSPS) is 12.0. The molecule has 0 saturated heterocycles. The molecule has 0 aliphatic heterocycles. The van der Waals surface area contributed by atoms with E-state index < -0.39 is 10.0 Å². The van der Waals surface area contributed by atoms with Crippen LogP contribution >= 0.6 is 0 Å². The van der Waals surface area contributed by atoms with Crippen molar-refractivity contribution in [3.63, 3.8) is 0 Å². The van der Waals surface area contributed by atoms with E-state index in [4.69, 9.17) is 9.26 Å². The summed E-state index contributed by atoms with van der Waals surface area (Å²) in [5.41, 5.74) is 1.64. The first-order chi connectivity index (χ1) is 13.1. The van der Waals surface area contributed by atoms with E-state index in [0.717, 1.165) is 5.56 Å².